The molecule has 0 saturated heterocycles. The largest absolute Gasteiger partial charge is 0.410 e. The van der Waals surface area contributed by atoms with Crippen LogP contribution < -0.4 is 0 Å². The molecule has 0 radical (unpaired) electrons. The van der Waals surface area contributed by atoms with Gasteiger partial charge in [0.2, 0.25) is 0 Å². The van der Waals surface area contributed by atoms with E-state index in [0.717, 1.165) is 11.1 Å². The third-order valence-corrected chi connectivity index (χ3v) is 9.09. The van der Waals surface area contributed by atoms with E-state index in [2.05, 4.69) is 38.8 Å². The third kappa shape index (κ3) is 2.62. The third-order valence-electron chi connectivity index (χ3n) is 4.61. The highest BCUT2D eigenvalue weighted by Crippen LogP contribution is 2.48. The number of rotatable bonds is 2. The molecule has 0 bridgehead atoms. The summed E-state index contributed by atoms with van der Waals surface area (Å²) in [4.78, 5) is 4.13. The Labute approximate surface area is 117 Å². The fourth-order valence-corrected chi connectivity index (χ4v) is 3.63. The molecule has 0 aliphatic heterocycles. The van der Waals surface area contributed by atoms with E-state index in [1.165, 1.54) is 0 Å². The molecule has 1 heterocycles. The minimum Gasteiger partial charge on any atom is -0.410 e. The number of aliphatic hydroxyl groups is 1. The fourth-order valence-electron chi connectivity index (χ4n) is 2.35. The first-order valence-corrected chi connectivity index (χ1v) is 9.80. The molecule has 19 heavy (non-hydrogen) atoms. The first-order valence-electron chi connectivity index (χ1n) is 6.89. The van der Waals surface area contributed by atoms with E-state index in [1.54, 1.807) is 12.4 Å². The van der Waals surface area contributed by atoms with Crippen LogP contribution in [-0.4, -0.2) is 18.4 Å². The number of hydrogen-bond donors (Lipinski definition) is 1. The van der Waals surface area contributed by atoms with Crippen LogP contribution in [0.1, 0.15) is 51.3 Å². The summed E-state index contributed by atoms with van der Waals surface area (Å²) in [6.07, 6.45) is 4.17. The van der Waals surface area contributed by atoms with Gasteiger partial charge in [0.1, 0.15) is 0 Å². The second-order valence-corrected chi connectivity index (χ2v) is 12.1. The molecule has 0 amide bonds. The van der Waals surface area contributed by atoms with Crippen molar-refractivity contribution in [1.82, 2.24) is 4.98 Å². The van der Waals surface area contributed by atoms with Gasteiger partial charge in [-0.2, -0.15) is 0 Å². The summed E-state index contributed by atoms with van der Waals surface area (Å²) in [7, 11) is -1.83. The van der Waals surface area contributed by atoms with Gasteiger partial charge in [0.15, 0.2) is 8.32 Å². The molecular formula is C15H25NO2Si. The SMILES string of the molecule is CC(C)(C)[Si](C)(C)O[C@@H]1C[C@](C)(O)c2cnccc21. The van der Waals surface area contributed by atoms with Gasteiger partial charge < -0.3 is 9.53 Å². The van der Waals surface area contributed by atoms with Crippen LogP contribution in [0, 0.1) is 0 Å². The first kappa shape index (κ1) is 14.7. The van der Waals surface area contributed by atoms with Crippen molar-refractivity contribution in [3.63, 3.8) is 0 Å². The molecule has 0 spiro atoms. The summed E-state index contributed by atoms with van der Waals surface area (Å²) >= 11 is 0. The zero-order valence-corrected chi connectivity index (χ0v) is 13.8. The van der Waals surface area contributed by atoms with Crippen molar-refractivity contribution in [1.29, 1.82) is 0 Å². The monoisotopic (exact) mass is 279 g/mol. The number of aromatic nitrogens is 1. The summed E-state index contributed by atoms with van der Waals surface area (Å²) in [6, 6.07) is 1.98. The molecule has 1 aliphatic rings. The van der Waals surface area contributed by atoms with E-state index >= 15 is 0 Å². The van der Waals surface area contributed by atoms with Crippen molar-refractivity contribution in [2.24, 2.45) is 0 Å². The Morgan fingerprint density at radius 3 is 2.63 bits per heavy atom. The van der Waals surface area contributed by atoms with Crippen LogP contribution in [0.25, 0.3) is 0 Å². The predicted octanol–water partition coefficient (Wildman–Crippen LogP) is 3.76. The van der Waals surface area contributed by atoms with Gasteiger partial charge in [0.25, 0.3) is 0 Å². The van der Waals surface area contributed by atoms with E-state index in [-0.39, 0.29) is 11.1 Å². The molecule has 3 nitrogen and oxygen atoms in total. The van der Waals surface area contributed by atoms with Gasteiger partial charge in [0.05, 0.1) is 11.7 Å². The lowest BCUT2D eigenvalue weighted by molar-refractivity contribution is 0.0258. The van der Waals surface area contributed by atoms with E-state index in [1.807, 2.05) is 13.0 Å². The van der Waals surface area contributed by atoms with E-state index in [9.17, 15) is 5.11 Å². The number of nitrogens with zero attached hydrogens (tertiary/aromatic N) is 1. The van der Waals surface area contributed by atoms with Gasteiger partial charge in [-0.1, -0.05) is 20.8 Å². The quantitative estimate of drug-likeness (QED) is 0.838. The van der Waals surface area contributed by atoms with Crippen molar-refractivity contribution >= 4 is 8.32 Å². The van der Waals surface area contributed by atoms with Gasteiger partial charge in [-0.25, -0.2) is 0 Å². The molecule has 1 aromatic heterocycles. The maximum atomic E-state index is 10.5. The van der Waals surface area contributed by atoms with Gasteiger partial charge >= 0.3 is 0 Å². The Bertz CT molecular complexity index is 477. The number of hydrogen-bond acceptors (Lipinski definition) is 3. The van der Waals surface area contributed by atoms with Gasteiger partial charge in [-0.15, -0.1) is 0 Å². The molecule has 0 aromatic carbocycles. The molecule has 1 aromatic rings. The van der Waals surface area contributed by atoms with Crippen molar-refractivity contribution < 1.29 is 9.53 Å². The minimum atomic E-state index is -1.83. The zero-order valence-electron chi connectivity index (χ0n) is 12.8. The highest BCUT2D eigenvalue weighted by molar-refractivity contribution is 6.74. The van der Waals surface area contributed by atoms with E-state index in [4.69, 9.17) is 4.43 Å². The van der Waals surface area contributed by atoms with Crippen molar-refractivity contribution in [2.75, 3.05) is 0 Å². The van der Waals surface area contributed by atoms with Crippen molar-refractivity contribution in [3.05, 3.63) is 29.6 Å². The molecule has 0 unspecified atom stereocenters. The highest BCUT2D eigenvalue weighted by Gasteiger charge is 2.45. The maximum Gasteiger partial charge on any atom is 0.192 e. The molecule has 2 rings (SSSR count). The summed E-state index contributed by atoms with van der Waals surface area (Å²) in [5, 5.41) is 10.7. The molecule has 4 heteroatoms. The Balaban J connectivity index is 2.30. The smallest absolute Gasteiger partial charge is 0.192 e. The summed E-state index contributed by atoms with van der Waals surface area (Å²) in [5.74, 6) is 0. The average molecular weight is 279 g/mol. The number of fused-ring (bicyclic) bond motifs is 1. The Morgan fingerprint density at radius 2 is 2.05 bits per heavy atom. The predicted molar refractivity (Wildman–Crippen MR) is 79.4 cm³/mol. The zero-order chi connectivity index (χ0) is 14.5. The maximum absolute atomic E-state index is 10.5. The molecular weight excluding hydrogens is 254 g/mol. The van der Waals surface area contributed by atoms with Gasteiger partial charge in [-0.05, 0) is 36.7 Å². The van der Waals surface area contributed by atoms with Crippen LogP contribution in [0.15, 0.2) is 18.5 Å². The molecule has 0 saturated carbocycles. The Morgan fingerprint density at radius 1 is 1.42 bits per heavy atom. The lowest BCUT2D eigenvalue weighted by atomic mass is 10.0. The second-order valence-electron chi connectivity index (χ2n) is 7.31. The minimum absolute atomic E-state index is 0.00566. The average Bonchev–Trinajstić information content (AvgIpc) is 2.49. The van der Waals surface area contributed by atoms with Crippen LogP contribution in [-0.2, 0) is 10.0 Å². The van der Waals surface area contributed by atoms with Crippen LogP contribution in [0.3, 0.4) is 0 Å². The second kappa shape index (κ2) is 4.40. The molecule has 106 valence electrons. The topological polar surface area (TPSA) is 42.4 Å². The molecule has 0 fully saturated rings. The lowest BCUT2D eigenvalue weighted by Gasteiger charge is -2.38. The van der Waals surface area contributed by atoms with Crippen molar-refractivity contribution in [3.8, 4) is 0 Å². The van der Waals surface area contributed by atoms with Crippen LogP contribution in [0.4, 0.5) is 0 Å². The van der Waals surface area contributed by atoms with Crippen LogP contribution in [0.5, 0.6) is 0 Å². The van der Waals surface area contributed by atoms with E-state index < -0.39 is 13.9 Å². The Kier molecular flexibility index (Phi) is 3.40. The normalized spacial score (nSPS) is 27.4. The standard InChI is InChI=1S/C15H25NO2Si/c1-14(2,3)19(5,6)18-13-9-15(4,17)12-10-16-8-7-11(12)13/h7-8,10,13,17H,9H2,1-6H3/t13-,15+/m1/s1. The summed E-state index contributed by atoms with van der Waals surface area (Å²) < 4.78 is 6.48. The van der Waals surface area contributed by atoms with E-state index in [0.29, 0.717) is 6.42 Å². The lowest BCUT2D eigenvalue weighted by Crippen LogP contribution is -2.41. The van der Waals surface area contributed by atoms with Crippen LogP contribution >= 0.6 is 0 Å². The Hall–Kier alpha value is -0.713. The molecule has 2 atom stereocenters. The van der Waals surface area contributed by atoms with Gasteiger partial charge in [0, 0.05) is 24.4 Å². The van der Waals surface area contributed by atoms with Gasteiger partial charge in [-0.3, -0.25) is 4.98 Å². The molecule has 1 aliphatic carbocycles. The highest BCUT2D eigenvalue weighted by atomic mass is 28.4. The first-order chi connectivity index (χ1) is 8.55. The van der Waals surface area contributed by atoms with Crippen molar-refractivity contribution in [2.45, 2.75) is 64.0 Å². The fraction of sp³-hybridized carbons (Fsp3) is 0.667. The molecule has 1 N–H and O–H groups in total. The van der Waals surface area contributed by atoms with Crippen LogP contribution in [0.2, 0.25) is 18.1 Å². The summed E-state index contributed by atoms with van der Waals surface area (Å²) in [6.45, 7) is 13.1. The summed E-state index contributed by atoms with van der Waals surface area (Å²) in [5.41, 5.74) is 1.19. The number of pyridine rings is 1.